The van der Waals surface area contributed by atoms with Crippen LogP contribution in [0.1, 0.15) is 57.3 Å². The molecule has 3 atom stereocenters. The Labute approximate surface area is 245 Å². The highest BCUT2D eigenvalue weighted by molar-refractivity contribution is 7.99. The van der Waals surface area contributed by atoms with Crippen molar-refractivity contribution in [2.45, 2.75) is 75.1 Å². The number of ether oxygens (including phenoxy) is 2. The van der Waals surface area contributed by atoms with Crippen molar-refractivity contribution < 1.29 is 23.9 Å². The second kappa shape index (κ2) is 12.1. The lowest BCUT2D eigenvalue weighted by atomic mass is 9.82. The summed E-state index contributed by atoms with van der Waals surface area (Å²) in [4.78, 5) is 41.7. The molecule has 2 amide bonds. The number of allylic oxidation sites excluding steroid dienone is 3. The first-order valence-electron chi connectivity index (χ1n) is 14.1. The molecule has 0 aromatic heterocycles. The second-order valence-electron chi connectivity index (χ2n) is 11.9. The van der Waals surface area contributed by atoms with E-state index in [0.29, 0.717) is 37.0 Å². The SMILES string of the molecule is CC(C)C[C@H](NC(=O)c1ccc2c(c1)Nc1ccccc1S2)C(=O)N[C@H]1CCOC1OC(=O)C1=CC=CC(C)(C)C1. The molecule has 1 aliphatic carbocycles. The minimum atomic E-state index is -0.885. The van der Waals surface area contributed by atoms with Crippen molar-refractivity contribution >= 4 is 40.9 Å². The third-order valence-electron chi connectivity index (χ3n) is 7.29. The Morgan fingerprint density at radius 2 is 1.90 bits per heavy atom. The Morgan fingerprint density at radius 1 is 1.12 bits per heavy atom. The van der Waals surface area contributed by atoms with Crippen LogP contribution >= 0.6 is 11.8 Å². The number of carbonyl (C=O) groups is 3. The third-order valence-corrected chi connectivity index (χ3v) is 8.44. The van der Waals surface area contributed by atoms with Gasteiger partial charge in [0.2, 0.25) is 12.2 Å². The number of carbonyl (C=O) groups excluding carboxylic acids is 3. The number of fused-ring (bicyclic) bond motifs is 2. The van der Waals surface area contributed by atoms with Crippen LogP contribution in [0, 0.1) is 11.3 Å². The zero-order valence-electron chi connectivity index (χ0n) is 23.9. The van der Waals surface area contributed by atoms with Crippen LogP contribution in [0.4, 0.5) is 11.4 Å². The van der Waals surface area contributed by atoms with Gasteiger partial charge in [0.1, 0.15) is 6.04 Å². The van der Waals surface area contributed by atoms with E-state index in [4.69, 9.17) is 9.47 Å². The number of benzene rings is 2. The molecule has 3 aliphatic rings. The molecule has 0 saturated carbocycles. The quantitative estimate of drug-likeness (QED) is 0.295. The van der Waals surface area contributed by atoms with Gasteiger partial charge in [-0.1, -0.05) is 69.8 Å². The van der Waals surface area contributed by atoms with E-state index in [9.17, 15) is 14.4 Å². The van der Waals surface area contributed by atoms with Crippen LogP contribution in [-0.4, -0.2) is 42.8 Å². The van der Waals surface area contributed by atoms with E-state index < -0.39 is 24.3 Å². The molecular formula is C32H37N3O5S. The van der Waals surface area contributed by atoms with Gasteiger partial charge in [-0.2, -0.15) is 0 Å². The maximum absolute atomic E-state index is 13.4. The zero-order chi connectivity index (χ0) is 29.1. The van der Waals surface area contributed by atoms with E-state index >= 15 is 0 Å². The highest BCUT2D eigenvalue weighted by Gasteiger charge is 2.36. The highest BCUT2D eigenvalue weighted by Crippen LogP contribution is 2.44. The van der Waals surface area contributed by atoms with Crippen molar-refractivity contribution in [1.29, 1.82) is 0 Å². The largest absolute Gasteiger partial charge is 0.430 e. The number of para-hydroxylation sites is 1. The van der Waals surface area contributed by atoms with Crippen LogP contribution in [0.15, 0.2) is 76.1 Å². The van der Waals surface area contributed by atoms with Gasteiger partial charge in [-0.05, 0) is 60.9 Å². The van der Waals surface area contributed by atoms with E-state index in [1.54, 1.807) is 23.9 Å². The first-order chi connectivity index (χ1) is 19.6. The highest BCUT2D eigenvalue weighted by atomic mass is 32.2. The summed E-state index contributed by atoms with van der Waals surface area (Å²) in [5, 5.41) is 9.30. The van der Waals surface area contributed by atoms with E-state index in [2.05, 4.69) is 41.9 Å². The lowest BCUT2D eigenvalue weighted by molar-refractivity contribution is -0.169. The molecule has 2 heterocycles. The fourth-order valence-corrected chi connectivity index (χ4v) is 6.15. The number of hydrogen-bond acceptors (Lipinski definition) is 7. The van der Waals surface area contributed by atoms with Crippen molar-refractivity contribution in [3.63, 3.8) is 0 Å². The fourth-order valence-electron chi connectivity index (χ4n) is 5.18. The lowest BCUT2D eigenvalue weighted by Gasteiger charge is -2.27. The summed E-state index contributed by atoms with van der Waals surface area (Å²) < 4.78 is 11.3. The molecule has 0 spiro atoms. The average molecular weight is 576 g/mol. The van der Waals surface area contributed by atoms with Crippen LogP contribution in [0.3, 0.4) is 0 Å². The van der Waals surface area contributed by atoms with Crippen molar-refractivity contribution in [1.82, 2.24) is 10.6 Å². The zero-order valence-corrected chi connectivity index (χ0v) is 24.7. The topological polar surface area (TPSA) is 106 Å². The summed E-state index contributed by atoms with van der Waals surface area (Å²) in [6.45, 7) is 8.47. The molecule has 5 rings (SSSR count). The lowest BCUT2D eigenvalue weighted by Crippen LogP contribution is -2.52. The van der Waals surface area contributed by atoms with Gasteiger partial charge in [-0.3, -0.25) is 9.59 Å². The van der Waals surface area contributed by atoms with Crippen LogP contribution in [0.25, 0.3) is 0 Å². The number of anilines is 2. The number of amides is 2. The summed E-state index contributed by atoms with van der Waals surface area (Å²) in [7, 11) is 0. The van der Waals surface area contributed by atoms with Crippen molar-refractivity contribution in [3.8, 4) is 0 Å². The van der Waals surface area contributed by atoms with E-state index in [0.717, 1.165) is 21.2 Å². The maximum Gasteiger partial charge on any atom is 0.336 e. The van der Waals surface area contributed by atoms with Crippen molar-refractivity contribution in [3.05, 3.63) is 71.8 Å². The molecule has 2 aromatic carbocycles. The number of esters is 1. The number of rotatable bonds is 8. The van der Waals surface area contributed by atoms with Gasteiger partial charge in [0, 0.05) is 20.9 Å². The van der Waals surface area contributed by atoms with Crippen molar-refractivity contribution in [2.24, 2.45) is 11.3 Å². The van der Waals surface area contributed by atoms with Gasteiger partial charge < -0.3 is 25.4 Å². The van der Waals surface area contributed by atoms with Crippen LogP contribution in [-0.2, 0) is 19.1 Å². The Balaban J connectivity index is 1.23. The average Bonchev–Trinajstić information content (AvgIpc) is 3.36. The first kappa shape index (κ1) is 29.0. The predicted molar refractivity (Wildman–Crippen MR) is 159 cm³/mol. The predicted octanol–water partition coefficient (Wildman–Crippen LogP) is 5.73. The molecule has 8 nitrogen and oxygen atoms in total. The molecule has 2 aromatic rings. The molecule has 41 heavy (non-hydrogen) atoms. The molecule has 216 valence electrons. The minimum Gasteiger partial charge on any atom is -0.430 e. The summed E-state index contributed by atoms with van der Waals surface area (Å²) in [6.07, 6.45) is 6.33. The van der Waals surface area contributed by atoms with E-state index in [1.807, 2.05) is 50.3 Å². The molecule has 2 aliphatic heterocycles. The summed E-state index contributed by atoms with van der Waals surface area (Å²) >= 11 is 1.65. The molecule has 0 bridgehead atoms. The molecule has 1 saturated heterocycles. The van der Waals surface area contributed by atoms with Gasteiger partial charge in [0.25, 0.3) is 5.91 Å². The van der Waals surface area contributed by atoms with Gasteiger partial charge >= 0.3 is 5.97 Å². The minimum absolute atomic E-state index is 0.132. The molecule has 0 radical (unpaired) electrons. The Bertz CT molecular complexity index is 1400. The van der Waals surface area contributed by atoms with Gasteiger partial charge in [-0.15, -0.1) is 0 Å². The normalized spacial score (nSPS) is 21.1. The van der Waals surface area contributed by atoms with Gasteiger partial charge in [0.15, 0.2) is 0 Å². The second-order valence-corrected chi connectivity index (χ2v) is 12.9. The Hall–Kier alpha value is -3.56. The Kier molecular flexibility index (Phi) is 8.56. The standard InChI is InChI=1S/C32H37N3O5S/c1-19(2)16-25(35-28(36)20-11-12-27-24(17-20)33-22-9-5-6-10-26(22)41-27)29(37)34-23-13-15-39-31(23)40-30(38)21-8-7-14-32(3,4)18-21/h5-12,14,17,19,23,25,31,33H,13,15-16,18H2,1-4H3,(H,34,37)(H,35,36)/t23-,25-,31?/m0/s1. The maximum atomic E-state index is 13.4. The smallest absolute Gasteiger partial charge is 0.336 e. The number of nitrogens with one attached hydrogen (secondary N) is 3. The van der Waals surface area contributed by atoms with Crippen molar-refractivity contribution in [2.75, 3.05) is 11.9 Å². The monoisotopic (exact) mass is 575 g/mol. The van der Waals surface area contributed by atoms with Crippen LogP contribution in [0.2, 0.25) is 0 Å². The molecule has 1 unspecified atom stereocenters. The first-order valence-corrected chi connectivity index (χ1v) is 14.9. The molecule has 1 fully saturated rings. The van der Waals surface area contributed by atoms with Gasteiger partial charge in [-0.25, -0.2) is 4.79 Å². The molecular weight excluding hydrogens is 538 g/mol. The fraction of sp³-hybridized carbons (Fsp3) is 0.406. The number of hydrogen-bond donors (Lipinski definition) is 3. The van der Waals surface area contributed by atoms with Gasteiger partial charge in [0.05, 0.1) is 24.0 Å². The van der Waals surface area contributed by atoms with E-state index in [1.165, 1.54) is 0 Å². The summed E-state index contributed by atoms with van der Waals surface area (Å²) in [5.41, 5.74) is 2.75. The Morgan fingerprint density at radius 3 is 2.68 bits per heavy atom. The summed E-state index contributed by atoms with van der Waals surface area (Å²) in [5.74, 6) is -0.940. The van der Waals surface area contributed by atoms with Crippen LogP contribution < -0.4 is 16.0 Å². The van der Waals surface area contributed by atoms with E-state index in [-0.39, 0.29) is 23.1 Å². The third kappa shape index (κ3) is 7.02. The van der Waals surface area contributed by atoms with Crippen LogP contribution in [0.5, 0.6) is 0 Å². The summed E-state index contributed by atoms with van der Waals surface area (Å²) in [6, 6.07) is 12.3. The molecule has 9 heteroatoms. The molecule has 3 N–H and O–H groups in total.